The van der Waals surface area contributed by atoms with Crippen molar-refractivity contribution in [3.63, 3.8) is 0 Å². The Hall–Kier alpha value is -0.840. The standard InChI is InChI=1S/C15H16BrNOS/c1-10-2-4-14-11(6-10)7-12(18-14)8-17-9-13-3-5-15(16)19-13/h2-6,12,17H,7-9H2,1H3. The number of hydrogen-bond acceptors (Lipinski definition) is 3. The number of benzene rings is 1. The second-order valence-electron chi connectivity index (χ2n) is 4.89. The number of thiophene rings is 1. The Bertz CT molecular complexity index is 581. The summed E-state index contributed by atoms with van der Waals surface area (Å²) >= 11 is 5.26. The molecule has 0 radical (unpaired) electrons. The van der Waals surface area contributed by atoms with E-state index in [1.165, 1.54) is 19.8 Å². The van der Waals surface area contributed by atoms with Gasteiger partial charge in [-0.3, -0.25) is 0 Å². The molecule has 2 nitrogen and oxygen atoms in total. The third-order valence-corrected chi connectivity index (χ3v) is 4.88. The Morgan fingerprint density at radius 2 is 2.26 bits per heavy atom. The quantitative estimate of drug-likeness (QED) is 0.913. The zero-order valence-electron chi connectivity index (χ0n) is 10.8. The summed E-state index contributed by atoms with van der Waals surface area (Å²) in [5.41, 5.74) is 2.64. The van der Waals surface area contributed by atoms with Gasteiger partial charge in [0.25, 0.3) is 0 Å². The topological polar surface area (TPSA) is 21.3 Å². The van der Waals surface area contributed by atoms with E-state index in [2.05, 4.69) is 58.5 Å². The van der Waals surface area contributed by atoms with Gasteiger partial charge < -0.3 is 10.1 Å². The number of aryl methyl sites for hydroxylation is 1. The van der Waals surface area contributed by atoms with Gasteiger partial charge in [0.2, 0.25) is 0 Å². The molecule has 1 atom stereocenters. The lowest BCUT2D eigenvalue weighted by atomic mass is 10.1. The van der Waals surface area contributed by atoms with Crippen molar-refractivity contribution < 1.29 is 4.74 Å². The Kier molecular flexibility index (Phi) is 3.91. The number of fused-ring (bicyclic) bond motifs is 1. The number of rotatable bonds is 4. The maximum atomic E-state index is 5.94. The first-order valence-corrected chi connectivity index (χ1v) is 8.03. The monoisotopic (exact) mass is 337 g/mol. The van der Waals surface area contributed by atoms with E-state index in [-0.39, 0.29) is 6.10 Å². The molecule has 0 spiro atoms. The van der Waals surface area contributed by atoms with Crippen molar-refractivity contribution in [2.75, 3.05) is 6.54 Å². The summed E-state index contributed by atoms with van der Waals surface area (Å²) in [7, 11) is 0. The minimum Gasteiger partial charge on any atom is -0.488 e. The third kappa shape index (κ3) is 3.19. The van der Waals surface area contributed by atoms with Crippen LogP contribution in [0.1, 0.15) is 16.0 Å². The van der Waals surface area contributed by atoms with Gasteiger partial charge in [0.1, 0.15) is 11.9 Å². The highest BCUT2D eigenvalue weighted by Crippen LogP contribution is 2.29. The maximum absolute atomic E-state index is 5.94. The predicted molar refractivity (Wildman–Crippen MR) is 83.0 cm³/mol. The average molecular weight is 338 g/mol. The summed E-state index contributed by atoms with van der Waals surface area (Å²) in [6.07, 6.45) is 1.28. The highest BCUT2D eigenvalue weighted by Gasteiger charge is 2.22. The van der Waals surface area contributed by atoms with Gasteiger partial charge in [0, 0.05) is 24.4 Å². The van der Waals surface area contributed by atoms with Crippen LogP contribution in [0.4, 0.5) is 0 Å². The molecule has 100 valence electrons. The third-order valence-electron chi connectivity index (χ3n) is 3.26. The summed E-state index contributed by atoms with van der Waals surface area (Å²) in [5.74, 6) is 1.05. The second-order valence-corrected chi connectivity index (χ2v) is 7.44. The molecule has 3 rings (SSSR count). The number of nitrogens with one attached hydrogen (secondary N) is 1. The summed E-state index contributed by atoms with van der Waals surface area (Å²) in [4.78, 5) is 1.35. The highest BCUT2D eigenvalue weighted by atomic mass is 79.9. The lowest BCUT2D eigenvalue weighted by Crippen LogP contribution is -2.29. The van der Waals surface area contributed by atoms with Crippen LogP contribution in [-0.4, -0.2) is 12.6 Å². The van der Waals surface area contributed by atoms with Crippen LogP contribution in [0, 0.1) is 6.92 Å². The molecule has 1 unspecified atom stereocenters. The Balaban J connectivity index is 1.51. The lowest BCUT2D eigenvalue weighted by Gasteiger charge is -2.11. The van der Waals surface area contributed by atoms with Crippen LogP contribution in [0.15, 0.2) is 34.1 Å². The maximum Gasteiger partial charge on any atom is 0.123 e. The fourth-order valence-electron chi connectivity index (χ4n) is 2.37. The fraction of sp³-hybridized carbons (Fsp3) is 0.333. The van der Waals surface area contributed by atoms with Gasteiger partial charge in [-0.25, -0.2) is 0 Å². The second kappa shape index (κ2) is 5.65. The first-order chi connectivity index (χ1) is 9.20. The van der Waals surface area contributed by atoms with Crippen molar-refractivity contribution in [2.24, 2.45) is 0 Å². The van der Waals surface area contributed by atoms with Gasteiger partial charge in [-0.05, 0) is 46.6 Å². The van der Waals surface area contributed by atoms with E-state index in [1.807, 2.05) is 0 Å². The van der Waals surface area contributed by atoms with Crippen LogP contribution in [0.25, 0.3) is 0 Å². The molecule has 1 aromatic carbocycles. The van der Waals surface area contributed by atoms with Crippen LogP contribution in [0.5, 0.6) is 5.75 Å². The van der Waals surface area contributed by atoms with E-state index in [0.717, 1.165) is 25.3 Å². The first-order valence-electron chi connectivity index (χ1n) is 6.42. The van der Waals surface area contributed by atoms with Crippen molar-refractivity contribution in [1.82, 2.24) is 5.32 Å². The van der Waals surface area contributed by atoms with Gasteiger partial charge in [0.05, 0.1) is 3.79 Å². The molecule has 1 aliphatic heterocycles. The largest absolute Gasteiger partial charge is 0.488 e. The molecule has 19 heavy (non-hydrogen) atoms. The van der Waals surface area contributed by atoms with E-state index in [4.69, 9.17) is 4.74 Å². The van der Waals surface area contributed by atoms with Crippen molar-refractivity contribution >= 4 is 27.3 Å². The zero-order valence-corrected chi connectivity index (χ0v) is 13.2. The van der Waals surface area contributed by atoms with Crippen molar-refractivity contribution in [1.29, 1.82) is 0 Å². The van der Waals surface area contributed by atoms with Gasteiger partial charge in [-0.15, -0.1) is 11.3 Å². The molecule has 1 aliphatic rings. The lowest BCUT2D eigenvalue weighted by molar-refractivity contribution is 0.227. The van der Waals surface area contributed by atoms with Crippen LogP contribution in [0.2, 0.25) is 0 Å². The van der Waals surface area contributed by atoms with Gasteiger partial charge in [-0.1, -0.05) is 17.7 Å². The molecule has 0 bridgehead atoms. The van der Waals surface area contributed by atoms with Crippen LogP contribution >= 0.6 is 27.3 Å². The Morgan fingerprint density at radius 1 is 1.37 bits per heavy atom. The summed E-state index contributed by atoms with van der Waals surface area (Å²) in [6, 6.07) is 10.7. The zero-order chi connectivity index (χ0) is 13.2. The van der Waals surface area contributed by atoms with Crippen molar-refractivity contribution in [2.45, 2.75) is 26.0 Å². The normalized spacial score (nSPS) is 17.3. The Morgan fingerprint density at radius 3 is 3.05 bits per heavy atom. The minimum atomic E-state index is 0.264. The predicted octanol–water partition coefficient (Wildman–Crippen LogP) is 3.91. The molecule has 4 heteroatoms. The minimum absolute atomic E-state index is 0.264. The molecule has 1 aromatic heterocycles. The van der Waals surface area contributed by atoms with Crippen molar-refractivity contribution in [3.05, 3.63) is 50.1 Å². The van der Waals surface area contributed by atoms with Gasteiger partial charge >= 0.3 is 0 Å². The molecule has 0 aliphatic carbocycles. The van der Waals surface area contributed by atoms with Crippen LogP contribution in [0.3, 0.4) is 0 Å². The van der Waals surface area contributed by atoms with Crippen molar-refractivity contribution in [3.8, 4) is 5.75 Å². The molecule has 0 amide bonds. The molecule has 1 N–H and O–H groups in total. The molecule has 0 fully saturated rings. The summed E-state index contributed by atoms with van der Waals surface area (Å²) in [6.45, 7) is 3.93. The average Bonchev–Trinajstić information content (AvgIpc) is 2.95. The summed E-state index contributed by atoms with van der Waals surface area (Å²) in [5, 5.41) is 3.47. The van der Waals surface area contributed by atoms with Crippen LogP contribution < -0.4 is 10.1 Å². The fourth-order valence-corrected chi connectivity index (χ4v) is 3.82. The smallest absolute Gasteiger partial charge is 0.123 e. The van der Waals surface area contributed by atoms with E-state index in [0.29, 0.717) is 0 Å². The van der Waals surface area contributed by atoms with E-state index in [9.17, 15) is 0 Å². The number of ether oxygens (including phenoxy) is 1. The molecular weight excluding hydrogens is 322 g/mol. The van der Waals surface area contributed by atoms with Crippen LogP contribution in [-0.2, 0) is 13.0 Å². The number of halogens is 1. The molecular formula is C15H16BrNOS. The molecule has 2 aromatic rings. The molecule has 0 saturated heterocycles. The number of hydrogen-bond donors (Lipinski definition) is 1. The molecule has 2 heterocycles. The summed E-state index contributed by atoms with van der Waals surface area (Å²) < 4.78 is 7.12. The molecule has 0 saturated carbocycles. The SMILES string of the molecule is Cc1ccc2c(c1)CC(CNCc1ccc(Br)s1)O2. The first kappa shape index (κ1) is 13.2. The van der Waals surface area contributed by atoms with E-state index in [1.54, 1.807) is 11.3 Å². The Labute approximate surface area is 125 Å². The van der Waals surface area contributed by atoms with E-state index >= 15 is 0 Å². The van der Waals surface area contributed by atoms with Gasteiger partial charge in [-0.2, -0.15) is 0 Å². The van der Waals surface area contributed by atoms with Gasteiger partial charge in [0.15, 0.2) is 0 Å². The van der Waals surface area contributed by atoms with E-state index < -0.39 is 0 Å². The highest BCUT2D eigenvalue weighted by molar-refractivity contribution is 9.11.